The highest BCUT2D eigenvalue weighted by atomic mass is 35.6. The molecule has 0 saturated heterocycles. The molecule has 0 saturated carbocycles. The van der Waals surface area contributed by atoms with Crippen molar-refractivity contribution in [2.24, 2.45) is 0 Å². The minimum atomic E-state index is -1.48. The highest BCUT2D eigenvalue weighted by molar-refractivity contribution is 7.17. The first-order valence-corrected chi connectivity index (χ1v) is 4.76. The van der Waals surface area contributed by atoms with Crippen molar-refractivity contribution in [1.29, 1.82) is 0 Å². The molecule has 0 N–H and O–H groups in total. The molecule has 4 nitrogen and oxygen atoms in total. The van der Waals surface area contributed by atoms with Gasteiger partial charge in [0.1, 0.15) is 6.33 Å². The lowest BCUT2D eigenvalue weighted by molar-refractivity contribution is 0.908. The van der Waals surface area contributed by atoms with Crippen molar-refractivity contribution < 1.29 is 0 Å². The van der Waals surface area contributed by atoms with Crippen LogP contribution in [0.5, 0.6) is 0 Å². The Morgan fingerprint density at radius 2 is 2.17 bits per heavy atom. The summed E-state index contributed by atoms with van der Waals surface area (Å²) in [6.07, 6.45) is 1.45. The molecule has 0 aliphatic carbocycles. The second-order valence-electron chi connectivity index (χ2n) is 1.96. The molecule has 2 rings (SSSR count). The Kier molecular flexibility index (Phi) is 1.91. The highest BCUT2D eigenvalue weighted by Crippen LogP contribution is 2.39. The number of alkyl halides is 3. The summed E-state index contributed by atoms with van der Waals surface area (Å²) < 4.78 is -0.0206. The summed E-state index contributed by atoms with van der Waals surface area (Å²) in [5.74, 6) is 0. The van der Waals surface area contributed by atoms with Crippen molar-refractivity contribution in [2.75, 3.05) is 0 Å². The smallest absolute Gasteiger partial charge is 0.190 e. The van der Waals surface area contributed by atoms with Crippen LogP contribution in [0.3, 0.4) is 0 Å². The molecule has 0 unspecified atom stereocenters. The second kappa shape index (κ2) is 2.70. The average Bonchev–Trinajstić information content (AvgIpc) is 2.37. The summed E-state index contributed by atoms with van der Waals surface area (Å²) in [6.45, 7) is 0. The van der Waals surface area contributed by atoms with Gasteiger partial charge in [0, 0.05) is 0 Å². The maximum Gasteiger partial charge on any atom is 0.243 e. The Hall–Kier alpha value is -0.100. The zero-order valence-electron chi connectivity index (χ0n) is 5.41. The number of hydrogen-bond acceptors (Lipinski definition) is 4. The van der Waals surface area contributed by atoms with E-state index in [1.807, 2.05) is 0 Å². The zero-order chi connectivity index (χ0) is 8.77. The summed E-state index contributed by atoms with van der Waals surface area (Å²) in [4.78, 5) is 0.608. The maximum absolute atomic E-state index is 5.60. The van der Waals surface area contributed by atoms with Gasteiger partial charge in [-0.1, -0.05) is 46.1 Å². The van der Waals surface area contributed by atoms with E-state index < -0.39 is 3.79 Å². The van der Waals surface area contributed by atoms with Gasteiger partial charge in [-0.25, -0.2) is 0 Å². The van der Waals surface area contributed by atoms with E-state index in [1.54, 1.807) is 0 Å². The molecule has 0 atom stereocenters. The van der Waals surface area contributed by atoms with Crippen molar-refractivity contribution in [3.63, 3.8) is 0 Å². The molecule has 12 heavy (non-hydrogen) atoms. The fourth-order valence-corrected chi connectivity index (χ4v) is 1.82. The fraction of sp³-hybridized carbons (Fsp3) is 0.250. The molecule has 0 aliphatic heterocycles. The molecule has 0 spiro atoms. The molecule has 0 radical (unpaired) electrons. The van der Waals surface area contributed by atoms with Crippen molar-refractivity contribution in [3.8, 4) is 0 Å². The lowest BCUT2D eigenvalue weighted by Gasteiger charge is -2.02. The van der Waals surface area contributed by atoms with E-state index in [1.165, 1.54) is 22.2 Å². The summed E-state index contributed by atoms with van der Waals surface area (Å²) in [7, 11) is 0. The highest BCUT2D eigenvalue weighted by Gasteiger charge is 2.28. The zero-order valence-corrected chi connectivity index (χ0v) is 8.49. The first kappa shape index (κ1) is 8.50. The molecule has 2 aromatic rings. The number of fused-ring (bicyclic) bond motifs is 1. The van der Waals surface area contributed by atoms with E-state index in [0.29, 0.717) is 9.97 Å². The second-order valence-corrected chi connectivity index (χ2v) is 5.20. The SMILES string of the molecule is ClC(Cl)(Cl)c1nn2cnnc2s1. The molecule has 0 amide bonds. The van der Waals surface area contributed by atoms with Crippen molar-refractivity contribution in [2.45, 2.75) is 3.79 Å². The van der Waals surface area contributed by atoms with E-state index >= 15 is 0 Å². The van der Waals surface area contributed by atoms with Crippen LogP contribution in [-0.4, -0.2) is 19.8 Å². The van der Waals surface area contributed by atoms with Crippen LogP contribution in [0.25, 0.3) is 4.96 Å². The van der Waals surface area contributed by atoms with Gasteiger partial charge < -0.3 is 0 Å². The predicted octanol–water partition coefficient (Wildman–Crippen LogP) is 2.01. The quantitative estimate of drug-likeness (QED) is 0.665. The minimum Gasteiger partial charge on any atom is -0.190 e. The third kappa shape index (κ3) is 1.37. The van der Waals surface area contributed by atoms with Crippen molar-refractivity contribution >= 4 is 51.1 Å². The number of nitrogens with zero attached hydrogens (tertiary/aromatic N) is 4. The van der Waals surface area contributed by atoms with Crippen LogP contribution in [0.1, 0.15) is 5.01 Å². The average molecular weight is 244 g/mol. The Morgan fingerprint density at radius 1 is 1.42 bits per heavy atom. The maximum atomic E-state index is 5.60. The molecular formula is C4HCl3N4S. The lowest BCUT2D eigenvalue weighted by Crippen LogP contribution is -1.99. The Bertz CT molecular complexity index is 373. The largest absolute Gasteiger partial charge is 0.243 e. The third-order valence-corrected chi connectivity index (χ3v) is 3.03. The molecular weight excluding hydrogens is 242 g/mol. The number of rotatable bonds is 0. The van der Waals surface area contributed by atoms with E-state index in [4.69, 9.17) is 34.8 Å². The summed E-state index contributed by atoms with van der Waals surface area (Å²) in [6, 6.07) is 0. The van der Waals surface area contributed by atoms with Crippen LogP contribution < -0.4 is 0 Å². The molecule has 0 fully saturated rings. The first-order chi connectivity index (χ1) is 5.57. The van der Waals surface area contributed by atoms with E-state index in [2.05, 4.69) is 15.3 Å². The lowest BCUT2D eigenvalue weighted by atomic mass is 10.8. The van der Waals surface area contributed by atoms with Crippen LogP contribution >= 0.6 is 46.1 Å². The van der Waals surface area contributed by atoms with Crippen LogP contribution in [0.15, 0.2) is 6.33 Å². The molecule has 64 valence electrons. The van der Waals surface area contributed by atoms with Gasteiger partial charge in [0.2, 0.25) is 8.75 Å². The van der Waals surface area contributed by atoms with Crippen LogP contribution in [0.2, 0.25) is 0 Å². The molecule has 8 heteroatoms. The standard InChI is InChI=1S/C4HCl3N4S/c5-4(6,7)2-10-11-1-8-9-3(11)12-2/h1H. The van der Waals surface area contributed by atoms with Crippen LogP contribution in [-0.2, 0) is 3.79 Å². The summed E-state index contributed by atoms with van der Waals surface area (Å²) >= 11 is 18.0. The van der Waals surface area contributed by atoms with Gasteiger partial charge in [0.05, 0.1) is 0 Å². The monoisotopic (exact) mass is 242 g/mol. The Morgan fingerprint density at radius 3 is 2.75 bits per heavy atom. The molecule has 2 aromatic heterocycles. The first-order valence-electron chi connectivity index (χ1n) is 2.81. The van der Waals surface area contributed by atoms with E-state index in [0.717, 1.165) is 0 Å². The molecule has 0 aliphatic rings. The van der Waals surface area contributed by atoms with E-state index in [-0.39, 0.29) is 0 Å². The molecule has 0 bridgehead atoms. The van der Waals surface area contributed by atoms with Gasteiger partial charge in [-0.2, -0.15) is 9.61 Å². The summed E-state index contributed by atoms with van der Waals surface area (Å²) in [5, 5.41) is 11.7. The Labute approximate surface area is 86.1 Å². The van der Waals surface area contributed by atoms with Gasteiger partial charge in [-0.15, -0.1) is 10.2 Å². The van der Waals surface area contributed by atoms with Gasteiger partial charge in [0.25, 0.3) is 0 Å². The normalized spacial score (nSPS) is 12.6. The number of hydrogen-bond donors (Lipinski definition) is 0. The summed E-state index contributed by atoms with van der Waals surface area (Å²) in [5.41, 5.74) is 0. The van der Waals surface area contributed by atoms with Crippen molar-refractivity contribution in [1.82, 2.24) is 19.8 Å². The third-order valence-electron chi connectivity index (χ3n) is 1.13. The minimum absolute atomic E-state index is 0.386. The van der Waals surface area contributed by atoms with Crippen LogP contribution in [0, 0.1) is 0 Å². The van der Waals surface area contributed by atoms with Crippen molar-refractivity contribution in [3.05, 3.63) is 11.3 Å². The van der Waals surface area contributed by atoms with Gasteiger partial charge in [-0.05, 0) is 0 Å². The van der Waals surface area contributed by atoms with E-state index in [9.17, 15) is 0 Å². The molecule has 0 aromatic carbocycles. The fourth-order valence-electron chi connectivity index (χ4n) is 0.674. The Balaban J connectivity index is 2.59. The predicted molar refractivity (Wildman–Crippen MR) is 47.9 cm³/mol. The number of aromatic nitrogens is 4. The van der Waals surface area contributed by atoms with Gasteiger partial charge in [0.15, 0.2) is 5.01 Å². The van der Waals surface area contributed by atoms with Crippen LogP contribution in [0.4, 0.5) is 0 Å². The molecule has 2 heterocycles. The topological polar surface area (TPSA) is 43.1 Å². The van der Waals surface area contributed by atoms with Gasteiger partial charge >= 0.3 is 0 Å². The number of halogens is 3. The van der Waals surface area contributed by atoms with Gasteiger partial charge in [-0.3, -0.25) is 0 Å².